The molecule has 4 heteroatoms. The topological polar surface area (TPSA) is 41.1 Å². The van der Waals surface area contributed by atoms with Crippen LogP contribution in [0.15, 0.2) is 0 Å². The van der Waals surface area contributed by atoms with E-state index in [0.29, 0.717) is 5.78 Å². The normalized spacial score (nSPS) is 37.4. The molecule has 58 valence electrons. The maximum atomic E-state index is 10.8. The van der Waals surface area contributed by atoms with Gasteiger partial charge in [0.15, 0.2) is 0 Å². The number of rotatable bonds is 0. The highest BCUT2D eigenvalue weighted by atomic mass is 35.5. The van der Waals surface area contributed by atoms with Gasteiger partial charge in [-0.2, -0.15) is 0 Å². The summed E-state index contributed by atoms with van der Waals surface area (Å²) in [6.07, 6.45) is 2.54. The lowest BCUT2D eigenvalue weighted by molar-refractivity contribution is -0.118. The van der Waals surface area contributed by atoms with Crippen LogP contribution in [0, 0.1) is 0 Å². The summed E-state index contributed by atoms with van der Waals surface area (Å²) in [7, 11) is 0. The third-order valence-electron chi connectivity index (χ3n) is 2.20. The summed E-state index contributed by atoms with van der Waals surface area (Å²) in [6.45, 7) is 0.971. The van der Waals surface area contributed by atoms with Crippen molar-refractivity contribution in [1.82, 2.24) is 10.9 Å². The van der Waals surface area contributed by atoms with Gasteiger partial charge in [-0.25, -0.2) is 5.43 Å². The minimum absolute atomic E-state index is 0. The Labute approximate surface area is 65.9 Å². The van der Waals surface area contributed by atoms with E-state index in [1.165, 1.54) is 0 Å². The van der Waals surface area contributed by atoms with E-state index in [-0.39, 0.29) is 17.9 Å². The molecule has 0 aromatic heterocycles. The molecule has 2 fully saturated rings. The van der Waals surface area contributed by atoms with Gasteiger partial charge in [-0.3, -0.25) is 10.2 Å². The molecule has 1 spiro atoms. The first-order valence-corrected chi connectivity index (χ1v) is 3.33. The van der Waals surface area contributed by atoms with Gasteiger partial charge in [-0.1, -0.05) is 0 Å². The van der Waals surface area contributed by atoms with Crippen molar-refractivity contribution in [1.29, 1.82) is 0 Å². The second-order valence-electron chi connectivity index (χ2n) is 2.97. The smallest absolute Gasteiger partial charge is 0.134 e. The van der Waals surface area contributed by atoms with Gasteiger partial charge in [-0.15, -0.1) is 12.4 Å². The molecule has 1 atom stereocenters. The Hall–Kier alpha value is -0.120. The minimum Gasteiger partial charge on any atom is -0.300 e. The Morgan fingerprint density at radius 3 is 2.40 bits per heavy atom. The lowest BCUT2D eigenvalue weighted by Crippen LogP contribution is -2.68. The van der Waals surface area contributed by atoms with Crippen LogP contribution in [0.25, 0.3) is 0 Å². The first kappa shape index (κ1) is 7.98. The van der Waals surface area contributed by atoms with Gasteiger partial charge in [0.25, 0.3) is 0 Å². The SMILES string of the molecule is Cl.O=C1CCC2(CNN2)C1. The summed E-state index contributed by atoms with van der Waals surface area (Å²) in [6, 6.07) is 0. The van der Waals surface area contributed by atoms with Crippen molar-refractivity contribution in [3.8, 4) is 0 Å². The fourth-order valence-electron chi connectivity index (χ4n) is 1.53. The molecule has 1 saturated heterocycles. The van der Waals surface area contributed by atoms with E-state index in [1.807, 2.05) is 0 Å². The average molecular weight is 163 g/mol. The minimum atomic E-state index is 0. The van der Waals surface area contributed by atoms with Crippen LogP contribution < -0.4 is 10.9 Å². The molecule has 1 aliphatic carbocycles. The van der Waals surface area contributed by atoms with Crippen LogP contribution in [0.1, 0.15) is 19.3 Å². The second-order valence-corrected chi connectivity index (χ2v) is 2.97. The van der Waals surface area contributed by atoms with E-state index in [4.69, 9.17) is 0 Å². The number of Topliss-reactive ketones (excluding diaryl/α,β-unsaturated/α-hetero) is 1. The van der Waals surface area contributed by atoms with Gasteiger partial charge in [-0.05, 0) is 6.42 Å². The van der Waals surface area contributed by atoms with Crippen molar-refractivity contribution in [2.75, 3.05) is 6.54 Å². The highest BCUT2D eigenvalue weighted by molar-refractivity contribution is 5.85. The van der Waals surface area contributed by atoms with Gasteiger partial charge in [0.1, 0.15) is 5.78 Å². The van der Waals surface area contributed by atoms with E-state index in [1.54, 1.807) is 0 Å². The molecule has 1 saturated carbocycles. The Morgan fingerprint density at radius 1 is 1.50 bits per heavy atom. The zero-order valence-corrected chi connectivity index (χ0v) is 6.46. The summed E-state index contributed by atoms with van der Waals surface area (Å²) >= 11 is 0. The quantitative estimate of drug-likeness (QED) is 0.527. The second kappa shape index (κ2) is 2.49. The van der Waals surface area contributed by atoms with Gasteiger partial charge in [0, 0.05) is 19.4 Å². The van der Waals surface area contributed by atoms with Crippen LogP contribution in [-0.2, 0) is 4.79 Å². The van der Waals surface area contributed by atoms with E-state index < -0.39 is 0 Å². The van der Waals surface area contributed by atoms with E-state index in [2.05, 4.69) is 10.9 Å². The van der Waals surface area contributed by atoms with Crippen LogP contribution >= 0.6 is 12.4 Å². The highest BCUT2D eigenvalue weighted by Crippen LogP contribution is 2.28. The van der Waals surface area contributed by atoms with Gasteiger partial charge >= 0.3 is 0 Å². The molecule has 1 aliphatic heterocycles. The van der Waals surface area contributed by atoms with Gasteiger partial charge in [0.05, 0.1) is 5.54 Å². The maximum Gasteiger partial charge on any atom is 0.134 e. The van der Waals surface area contributed by atoms with Crippen LogP contribution in [-0.4, -0.2) is 17.9 Å². The van der Waals surface area contributed by atoms with Crippen molar-refractivity contribution in [2.45, 2.75) is 24.8 Å². The average Bonchev–Trinajstić information content (AvgIpc) is 2.09. The monoisotopic (exact) mass is 162 g/mol. The molecule has 2 N–H and O–H groups in total. The van der Waals surface area contributed by atoms with Crippen LogP contribution in [0.5, 0.6) is 0 Å². The molecule has 10 heavy (non-hydrogen) atoms. The van der Waals surface area contributed by atoms with Crippen molar-refractivity contribution in [3.63, 3.8) is 0 Å². The Bertz CT molecular complexity index is 156. The number of ketones is 1. The summed E-state index contributed by atoms with van der Waals surface area (Å²) in [5.74, 6) is 0.406. The predicted molar refractivity (Wildman–Crippen MR) is 40.0 cm³/mol. The first-order chi connectivity index (χ1) is 4.31. The fraction of sp³-hybridized carbons (Fsp3) is 0.833. The molecular formula is C6H11ClN2O. The van der Waals surface area contributed by atoms with Crippen LogP contribution in [0.2, 0.25) is 0 Å². The molecule has 2 aliphatic rings. The zero-order chi connectivity index (χ0) is 6.32. The molecule has 0 bridgehead atoms. The lowest BCUT2D eigenvalue weighted by atomic mass is 9.96. The van der Waals surface area contributed by atoms with Crippen molar-refractivity contribution < 1.29 is 4.79 Å². The molecule has 0 amide bonds. The maximum absolute atomic E-state index is 10.8. The molecule has 0 radical (unpaired) electrons. The van der Waals surface area contributed by atoms with Crippen LogP contribution in [0.3, 0.4) is 0 Å². The molecule has 1 unspecified atom stereocenters. The lowest BCUT2D eigenvalue weighted by Gasteiger charge is -2.39. The third kappa shape index (κ3) is 1.05. The third-order valence-corrected chi connectivity index (χ3v) is 2.20. The molecule has 0 aromatic carbocycles. The molecular weight excluding hydrogens is 152 g/mol. The molecule has 0 aromatic rings. The zero-order valence-electron chi connectivity index (χ0n) is 5.64. The summed E-state index contributed by atoms with van der Waals surface area (Å²) in [5, 5.41) is 0. The van der Waals surface area contributed by atoms with Gasteiger partial charge < -0.3 is 0 Å². The number of carbonyl (C=O) groups excluding carboxylic acids is 1. The summed E-state index contributed by atoms with van der Waals surface area (Å²) in [5.41, 5.74) is 6.22. The number of hydrogen-bond acceptors (Lipinski definition) is 3. The predicted octanol–water partition coefficient (Wildman–Crippen LogP) is 0.00780. The molecule has 3 nitrogen and oxygen atoms in total. The van der Waals surface area contributed by atoms with Gasteiger partial charge in [0.2, 0.25) is 0 Å². The van der Waals surface area contributed by atoms with Crippen molar-refractivity contribution in [2.24, 2.45) is 0 Å². The van der Waals surface area contributed by atoms with E-state index in [9.17, 15) is 4.79 Å². The molecule has 2 rings (SSSR count). The summed E-state index contributed by atoms with van der Waals surface area (Å²) < 4.78 is 0. The van der Waals surface area contributed by atoms with Crippen molar-refractivity contribution in [3.05, 3.63) is 0 Å². The number of hydrogen-bond donors (Lipinski definition) is 2. The first-order valence-electron chi connectivity index (χ1n) is 3.33. The Morgan fingerprint density at radius 2 is 2.20 bits per heavy atom. The number of hydrazine groups is 1. The van der Waals surface area contributed by atoms with Crippen molar-refractivity contribution >= 4 is 18.2 Å². The number of halogens is 1. The van der Waals surface area contributed by atoms with E-state index in [0.717, 1.165) is 25.8 Å². The largest absolute Gasteiger partial charge is 0.300 e. The molecule has 1 heterocycles. The highest BCUT2D eigenvalue weighted by Gasteiger charge is 2.42. The van der Waals surface area contributed by atoms with Crippen LogP contribution in [0.4, 0.5) is 0 Å². The Balaban J connectivity index is 0.000000500. The fourth-order valence-corrected chi connectivity index (χ4v) is 1.53. The number of nitrogens with one attached hydrogen (secondary N) is 2. The summed E-state index contributed by atoms with van der Waals surface area (Å²) in [4.78, 5) is 10.8. The number of carbonyl (C=O) groups is 1. The standard InChI is InChI=1S/C6H10N2O.ClH/c9-5-1-2-6(3-5)4-7-8-6;/h7-8H,1-4H2;1H. The Kier molecular flexibility index (Phi) is 1.99. The van der Waals surface area contributed by atoms with E-state index >= 15 is 0 Å².